The molecule has 2 aromatic rings. The molecule has 92 valence electrons. The van der Waals surface area contributed by atoms with E-state index in [2.05, 4.69) is 10.3 Å². The fourth-order valence-corrected chi connectivity index (χ4v) is 1.79. The summed E-state index contributed by atoms with van der Waals surface area (Å²) < 4.78 is 0. The molecule has 0 aliphatic carbocycles. The van der Waals surface area contributed by atoms with Crippen molar-refractivity contribution in [3.8, 4) is 0 Å². The predicted octanol–water partition coefficient (Wildman–Crippen LogP) is 0.976. The molecule has 0 radical (unpaired) electrons. The minimum Gasteiger partial charge on any atom is -0.480 e. The van der Waals surface area contributed by atoms with Crippen LogP contribution in [0.15, 0.2) is 36.5 Å². The lowest BCUT2D eigenvalue weighted by molar-refractivity contribution is -0.140. The summed E-state index contributed by atoms with van der Waals surface area (Å²) in [6.45, 7) is 0. The number of nitrogens with zero attached hydrogens (tertiary/aromatic N) is 1. The Morgan fingerprint density at radius 2 is 2.28 bits per heavy atom. The van der Waals surface area contributed by atoms with Crippen LogP contribution in [0, 0.1) is 0 Å². The summed E-state index contributed by atoms with van der Waals surface area (Å²) in [5.74, 6) is -1.05. The largest absolute Gasteiger partial charge is 0.480 e. The first-order valence-corrected chi connectivity index (χ1v) is 5.47. The summed E-state index contributed by atoms with van der Waals surface area (Å²) in [6.07, 6.45) is 2.36. The highest BCUT2D eigenvalue weighted by Crippen LogP contribution is 2.14. The third kappa shape index (κ3) is 2.63. The van der Waals surface area contributed by atoms with Gasteiger partial charge in [0.1, 0.15) is 6.04 Å². The maximum absolute atomic E-state index is 10.9. The van der Waals surface area contributed by atoms with E-state index in [1.807, 2.05) is 30.3 Å². The number of rotatable bonds is 5. The number of aromatic nitrogens is 1. The number of carboxylic acids is 1. The van der Waals surface area contributed by atoms with Gasteiger partial charge < -0.3 is 10.4 Å². The van der Waals surface area contributed by atoms with Crippen molar-refractivity contribution in [3.05, 3.63) is 42.1 Å². The van der Waals surface area contributed by atoms with Crippen LogP contribution in [-0.4, -0.2) is 28.5 Å². The number of hydrogen-bond acceptors (Lipinski definition) is 3. The highest BCUT2D eigenvalue weighted by molar-refractivity contribution is 5.80. The van der Waals surface area contributed by atoms with Gasteiger partial charge in [-0.05, 0) is 23.8 Å². The van der Waals surface area contributed by atoms with E-state index in [4.69, 9.17) is 5.11 Å². The van der Waals surface area contributed by atoms with Crippen LogP contribution in [0.3, 0.4) is 0 Å². The number of hydrogen-bond donors (Lipinski definition) is 2. The molecule has 0 saturated carbocycles. The molecular formula is C13H12N2O3. The number of carbonyl (C=O) groups is 2. The lowest BCUT2D eigenvalue weighted by atomic mass is 10.0. The van der Waals surface area contributed by atoms with E-state index in [9.17, 15) is 9.59 Å². The topological polar surface area (TPSA) is 79.3 Å². The van der Waals surface area contributed by atoms with Crippen molar-refractivity contribution in [3.63, 3.8) is 0 Å². The number of carboxylic acid groups (broad SMARTS) is 1. The first-order valence-electron chi connectivity index (χ1n) is 5.47. The number of aliphatic carboxylic acids is 1. The monoisotopic (exact) mass is 244 g/mol. The molecule has 0 saturated heterocycles. The van der Waals surface area contributed by atoms with Crippen LogP contribution in [0.2, 0.25) is 0 Å². The van der Waals surface area contributed by atoms with E-state index in [-0.39, 0.29) is 6.42 Å². The van der Waals surface area contributed by atoms with Crippen molar-refractivity contribution >= 4 is 23.3 Å². The number of carbonyl (C=O) groups excluding carboxylic acids is 1. The molecule has 5 heteroatoms. The summed E-state index contributed by atoms with van der Waals surface area (Å²) in [5, 5.41) is 12.2. The van der Waals surface area contributed by atoms with Crippen LogP contribution in [0.1, 0.15) is 5.56 Å². The van der Waals surface area contributed by atoms with Crippen LogP contribution in [0.4, 0.5) is 0 Å². The van der Waals surface area contributed by atoms with Gasteiger partial charge in [-0.25, -0.2) is 4.79 Å². The van der Waals surface area contributed by atoms with Crippen LogP contribution in [0.25, 0.3) is 10.9 Å². The second kappa shape index (κ2) is 5.27. The summed E-state index contributed by atoms with van der Waals surface area (Å²) in [4.78, 5) is 25.4. The van der Waals surface area contributed by atoms with E-state index in [0.29, 0.717) is 6.41 Å². The maximum Gasteiger partial charge on any atom is 0.326 e. The van der Waals surface area contributed by atoms with Crippen molar-refractivity contribution in [2.45, 2.75) is 12.5 Å². The molecule has 2 rings (SSSR count). The molecular weight excluding hydrogens is 232 g/mol. The van der Waals surface area contributed by atoms with Crippen LogP contribution in [-0.2, 0) is 16.0 Å². The van der Waals surface area contributed by atoms with Crippen LogP contribution >= 0.6 is 0 Å². The van der Waals surface area contributed by atoms with Crippen molar-refractivity contribution in [2.24, 2.45) is 0 Å². The summed E-state index contributed by atoms with van der Waals surface area (Å²) in [5.41, 5.74) is 1.70. The Morgan fingerprint density at radius 1 is 1.44 bits per heavy atom. The van der Waals surface area contributed by atoms with Gasteiger partial charge in [-0.2, -0.15) is 0 Å². The Hall–Kier alpha value is -2.43. The zero-order valence-corrected chi connectivity index (χ0v) is 9.54. The molecule has 1 aromatic heterocycles. The molecule has 0 aliphatic heterocycles. The van der Waals surface area contributed by atoms with Gasteiger partial charge in [0.2, 0.25) is 6.41 Å². The fourth-order valence-electron chi connectivity index (χ4n) is 1.79. The highest BCUT2D eigenvalue weighted by atomic mass is 16.4. The lowest BCUT2D eigenvalue weighted by Crippen LogP contribution is -2.37. The molecule has 1 atom stereocenters. The molecule has 5 nitrogen and oxygen atoms in total. The normalized spacial score (nSPS) is 12.0. The molecule has 0 spiro atoms. The van der Waals surface area contributed by atoms with Crippen LogP contribution in [0.5, 0.6) is 0 Å². The Morgan fingerprint density at radius 3 is 3.00 bits per heavy atom. The van der Waals surface area contributed by atoms with Gasteiger partial charge in [-0.15, -0.1) is 0 Å². The lowest BCUT2D eigenvalue weighted by Gasteiger charge is -2.11. The molecule has 0 bridgehead atoms. The first-order chi connectivity index (χ1) is 8.70. The first kappa shape index (κ1) is 12.0. The Labute approximate surface area is 103 Å². The third-order valence-electron chi connectivity index (χ3n) is 2.67. The van der Waals surface area contributed by atoms with Crippen molar-refractivity contribution in [1.82, 2.24) is 10.3 Å². The van der Waals surface area contributed by atoms with Crippen molar-refractivity contribution in [1.29, 1.82) is 0 Å². The molecule has 1 amide bonds. The molecule has 2 N–H and O–H groups in total. The Balaban J connectivity index is 2.25. The van der Waals surface area contributed by atoms with Crippen LogP contribution < -0.4 is 5.32 Å². The summed E-state index contributed by atoms with van der Waals surface area (Å²) in [7, 11) is 0. The molecule has 1 unspecified atom stereocenters. The average Bonchev–Trinajstić information content (AvgIpc) is 2.38. The van der Waals surface area contributed by atoms with E-state index >= 15 is 0 Å². The number of amides is 1. The van der Waals surface area contributed by atoms with Crippen molar-refractivity contribution in [2.75, 3.05) is 0 Å². The molecule has 1 heterocycles. The minimum absolute atomic E-state index is 0.249. The van der Waals surface area contributed by atoms with Gasteiger partial charge in [0.05, 0.1) is 5.52 Å². The van der Waals surface area contributed by atoms with E-state index in [1.54, 1.807) is 6.20 Å². The fraction of sp³-hybridized carbons (Fsp3) is 0.154. The van der Waals surface area contributed by atoms with Gasteiger partial charge >= 0.3 is 5.97 Å². The SMILES string of the molecule is O=CNC(Cc1ccc2ncccc2c1)C(=O)O. The predicted molar refractivity (Wildman–Crippen MR) is 66.1 cm³/mol. The van der Waals surface area contributed by atoms with Gasteiger partial charge in [-0.1, -0.05) is 12.1 Å². The van der Waals surface area contributed by atoms with E-state index < -0.39 is 12.0 Å². The minimum atomic E-state index is -1.05. The van der Waals surface area contributed by atoms with Gasteiger partial charge in [-0.3, -0.25) is 9.78 Å². The second-order valence-electron chi connectivity index (χ2n) is 3.91. The maximum atomic E-state index is 10.9. The number of benzene rings is 1. The van der Waals surface area contributed by atoms with Crippen molar-refractivity contribution < 1.29 is 14.7 Å². The molecule has 0 aliphatic rings. The Kier molecular flexibility index (Phi) is 3.52. The standard InChI is InChI=1S/C13H12N2O3/c16-8-15-12(13(17)18)7-9-3-4-11-10(6-9)2-1-5-14-11/h1-6,8,12H,7H2,(H,15,16)(H,17,18). The van der Waals surface area contributed by atoms with Gasteiger partial charge in [0.15, 0.2) is 0 Å². The Bertz CT molecular complexity index is 583. The number of pyridine rings is 1. The molecule has 18 heavy (non-hydrogen) atoms. The average molecular weight is 244 g/mol. The zero-order chi connectivity index (χ0) is 13.0. The van der Waals surface area contributed by atoms with E-state index in [0.717, 1.165) is 16.5 Å². The number of fused-ring (bicyclic) bond motifs is 1. The third-order valence-corrected chi connectivity index (χ3v) is 2.67. The zero-order valence-electron chi connectivity index (χ0n) is 9.54. The quantitative estimate of drug-likeness (QED) is 0.768. The smallest absolute Gasteiger partial charge is 0.326 e. The second-order valence-corrected chi connectivity index (χ2v) is 3.91. The molecule has 0 fully saturated rings. The molecule has 1 aromatic carbocycles. The highest BCUT2D eigenvalue weighted by Gasteiger charge is 2.16. The van der Waals surface area contributed by atoms with E-state index in [1.165, 1.54) is 0 Å². The summed E-state index contributed by atoms with van der Waals surface area (Å²) >= 11 is 0. The number of nitrogens with one attached hydrogen (secondary N) is 1. The summed E-state index contributed by atoms with van der Waals surface area (Å²) in [6, 6.07) is 8.36. The van der Waals surface area contributed by atoms with Gasteiger partial charge in [0, 0.05) is 18.0 Å². The van der Waals surface area contributed by atoms with Gasteiger partial charge in [0.25, 0.3) is 0 Å².